The highest BCUT2D eigenvalue weighted by atomic mass is 16.5. The molecule has 1 aliphatic rings. The molecule has 1 fully saturated rings. The molecule has 2 amide bonds. The molecule has 1 heterocycles. The zero-order chi connectivity index (χ0) is 22.4. The van der Waals surface area contributed by atoms with Crippen molar-refractivity contribution in [3.8, 4) is 23.0 Å². The van der Waals surface area contributed by atoms with Gasteiger partial charge in [0.25, 0.3) is 5.91 Å². The molecule has 0 atom stereocenters. The van der Waals surface area contributed by atoms with Gasteiger partial charge >= 0.3 is 0 Å². The molecule has 0 saturated carbocycles. The molecule has 0 unspecified atom stereocenters. The van der Waals surface area contributed by atoms with Crippen molar-refractivity contribution in [3.05, 3.63) is 47.5 Å². The van der Waals surface area contributed by atoms with Gasteiger partial charge in [0, 0.05) is 31.7 Å². The predicted molar refractivity (Wildman–Crippen MR) is 115 cm³/mol. The summed E-state index contributed by atoms with van der Waals surface area (Å²) < 4.78 is 21.1. The molecule has 3 rings (SSSR count). The number of rotatable bonds is 7. The summed E-state index contributed by atoms with van der Waals surface area (Å²) in [4.78, 5) is 29.1. The van der Waals surface area contributed by atoms with Crippen molar-refractivity contribution >= 4 is 11.8 Å². The van der Waals surface area contributed by atoms with Crippen molar-refractivity contribution in [2.45, 2.75) is 6.42 Å². The van der Waals surface area contributed by atoms with Crippen LogP contribution < -0.4 is 18.9 Å². The minimum absolute atomic E-state index is 0.0189. The number of methoxy groups -OCH3 is 4. The van der Waals surface area contributed by atoms with Gasteiger partial charge in [-0.3, -0.25) is 9.59 Å². The largest absolute Gasteiger partial charge is 0.493 e. The van der Waals surface area contributed by atoms with Crippen LogP contribution in [0.1, 0.15) is 15.9 Å². The number of carbonyl (C=O) groups is 2. The summed E-state index contributed by atoms with van der Waals surface area (Å²) in [5.74, 6) is 2.24. The van der Waals surface area contributed by atoms with E-state index in [1.54, 1.807) is 55.4 Å². The number of ether oxygens (including phenoxy) is 4. The Morgan fingerprint density at radius 2 is 1.23 bits per heavy atom. The Hall–Kier alpha value is -3.42. The standard InChI is InChI=1S/C23H28N2O6/c1-28-18-7-5-16(13-20(18)30-3)14-22(26)24-9-11-25(12-10-24)23(27)17-6-8-19(29-2)21(15-17)31-4/h5-8,13,15H,9-12,14H2,1-4H3. The maximum Gasteiger partial charge on any atom is 0.254 e. The van der Waals surface area contributed by atoms with Gasteiger partial charge in [-0.15, -0.1) is 0 Å². The lowest BCUT2D eigenvalue weighted by molar-refractivity contribution is -0.131. The molecular formula is C23H28N2O6. The summed E-state index contributed by atoms with van der Waals surface area (Å²) >= 11 is 0. The molecule has 0 N–H and O–H groups in total. The second kappa shape index (κ2) is 10.1. The molecule has 31 heavy (non-hydrogen) atoms. The molecule has 166 valence electrons. The molecule has 0 aromatic heterocycles. The third kappa shape index (κ3) is 5.02. The third-order valence-corrected chi connectivity index (χ3v) is 5.35. The number of hydrogen-bond donors (Lipinski definition) is 0. The summed E-state index contributed by atoms with van der Waals surface area (Å²) in [5.41, 5.74) is 1.38. The van der Waals surface area contributed by atoms with Crippen molar-refractivity contribution in [1.82, 2.24) is 9.80 Å². The summed E-state index contributed by atoms with van der Waals surface area (Å²) in [6, 6.07) is 10.6. The van der Waals surface area contributed by atoms with E-state index in [1.807, 2.05) is 12.1 Å². The average Bonchev–Trinajstić information content (AvgIpc) is 2.83. The second-order valence-electron chi connectivity index (χ2n) is 7.11. The van der Waals surface area contributed by atoms with Gasteiger partial charge in [-0.05, 0) is 35.9 Å². The van der Waals surface area contributed by atoms with Gasteiger partial charge < -0.3 is 28.7 Å². The first-order chi connectivity index (χ1) is 15.0. The molecule has 0 radical (unpaired) electrons. The van der Waals surface area contributed by atoms with E-state index < -0.39 is 0 Å². The Bertz CT molecular complexity index is 938. The fourth-order valence-corrected chi connectivity index (χ4v) is 3.59. The van der Waals surface area contributed by atoms with Crippen molar-refractivity contribution in [2.24, 2.45) is 0 Å². The van der Waals surface area contributed by atoms with Crippen LogP contribution in [0.15, 0.2) is 36.4 Å². The van der Waals surface area contributed by atoms with E-state index in [2.05, 4.69) is 0 Å². The van der Waals surface area contributed by atoms with Crippen LogP contribution in [0.5, 0.6) is 23.0 Å². The monoisotopic (exact) mass is 428 g/mol. The Balaban J connectivity index is 1.59. The molecule has 0 bridgehead atoms. The van der Waals surface area contributed by atoms with Crippen molar-refractivity contribution < 1.29 is 28.5 Å². The van der Waals surface area contributed by atoms with Gasteiger partial charge in [0.05, 0.1) is 34.9 Å². The van der Waals surface area contributed by atoms with E-state index >= 15 is 0 Å². The second-order valence-corrected chi connectivity index (χ2v) is 7.11. The van der Waals surface area contributed by atoms with Crippen LogP contribution in [0.4, 0.5) is 0 Å². The summed E-state index contributed by atoms with van der Waals surface area (Å²) in [7, 11) is 6.23. The SMILES string of the molecule is COc1ccc(CC(=O)N2CCN(C(=O)c3ccc(OC)c(OC)c3)CC2)cc1OC. The smallest absolute Gasteiger partial charge is 0.254 e. The normalized spacial score (nSPS) is 13.5. The summed E-state index contributed by atoms with van der Waals surface area (Å²) in [6.45, 7) is 1.94. The maximum atomic E-state index is 12.9. The lowest BCUT2D eigenvalue weighted by Crippen LogP contribution is -2.51. The molecular weight excluding hydrogens is 400 g/mol. The Labute approximate surface area is 182 Å². The Morgan fingerprint density at radius 1 is 0.710 bits per heavy atom. The maximum absolute atomic E-state index is 12.9. The third-order valence-electron chi connectivity index (χ3n) is 5.35. The van der Waals surface area contributed by atoms with Gasteiger partial charge in [-0.2, -0.15) is 0 Å². The van der Waals surface area contributed by atoms with Gasteiger partial charge in [-0.1, -0.05) is 6.07 Å². The minimum atomic E-state index is -0.0899. The highest BCUT2D eigenvalue weighted by molar-refractivity contribution is 5.95. The number of carbonyl (C=O) groups excluding carboxylic acids is 2. The molecule has 0 aliphatic carbocycles. The summed E-state index contributed by atoms with van der Waals surface area (Å²) in [6.07, 6.45) is 0.268. The zero-order valence-electron chi connectivity index (χ0n) is 18.3. The number of amides is 2. The van der Waals surface area contributed by atoms with Crippen molar-refractivity contribution in [2.75, 3.05) is 54.6 Å². The molecule has 8 nitrogen and oxygen atoms in total. The molecule has 1 aliphatic heterocycles. The number of hydrogen-bond acceptors (Lipinski definition) is 6. The first-order valence-electron chi connectivity index (χ1n) is 10.0. The van der Waals surface area contributed by atoms with Crippen LogP contribution >= 0.6 is 0 Å². The number of nitrogens with zero attached hydrogens (tertiary/aromatic N) is 2. The minimum Gasteiger partial charge on any atom is -0.493 e. The fourth-order valence-electron chi connectivity index (χ4n) is 3.59. The molecule has 2 aromatic carbocycles. The highest BCUT2D eigenvalue weighted by Gasteiger charge is 2.25. The van der Waals surface area contributed by atoms with Crippen molar-refractivity contribution in [3.63, 3.8) is 0 Å². The van der Waals surface area contributed by atoms with Crippen molar-refractivity contribution in [1.29, 1.82) is 0 Å². The number of benzene rings is 2. The zero-order valence-corrected chi connectivity index (χ0v) is 18.3. The predicted octanol–water partition coefficient (Wildman–Crippen LogP) is 2.25. The molecule has 1 saturated heterocycles. The Kier molecular flexibility index (Phi) is 7.23. The summed E-state index contributed by atoms with van der Waals surface area (Å²) in [5, 5.41) is 0. The lowest BCUT2D eigenvalue weighted by atomic mass is 10.1. The van der Waals surface area contributed by atoms with E-state index in [1.165, 1.54) is 7.11 Å². The van der Waals surface area contributed by atoms with Gasteiger partial charge in [-0.25, -0.2) is 0 Å². The van der Waals surface area contributed by atoms with Crippen LogP contribution in [-0.2, 0) is 11.2 Å². The van der Waals surface area contributed by atoms with Crippen LogP contribution in [0.2, 0.25) is 0 Å². The Morgan fingerprint density at radius 3 is 1.81 bits per heavy atom. The number of piperazine rings is 1. The highest BCUT2D eigenvalue weighted by Crippen LogP contribution is 2.29. The lowest BCUT2D eigenvalue weighted by Gasteiger charge is -2.35. The van der Waals surface area contributed by atoms with Gasteiger partial charge in [0.15, 0.2) is 23.0 Å². The van der Waals surface area contributed by atoms with E-state index in [9.17, 15) is 9.59 Å². The molecule has 0 spiro atoms. The van der Waals surface area contributed by atoms with E-state index in [0.29, 0.717) is 54.7 Å². The van der Waals surface area contributed by atoms with E-state index in [4.69, 9.17) is 18.9 Å². The quantitative estimate of drug-likeness (QED) is 0.673. The van der Waals surface area contributed by atoms with Crippen LogP contribution in [-0.4, -0.2) is 76.2 Å². The molecule has 8 heteroatoms. The van der Waals surface area contributed by atoms with Gasteiger partial charge in [0.2, 0.25) is 5.91 Å². The topological polar surface area (TPSA) is 77.5 Å². The van der Waals surface area contributed by atoms with Crippen LogP contribution in [0.3, 0.4) is 0 Å². The first kappa shape index (κ1) is 22.3. The van der Waals surface area contributed by atoms with Crippen LogP contribution in [0.25, 0.3) is 0 Å². The average molecular weight is 428 g/mol. The fraction of sp³-hybridized carbons (Fsp3) is 0.391. The molecule has 2 aromatic rings. The van der Waals surface area contributed by atoms with E-state index in [-0.39, 0.29) is 18.2 Å². The van der Waals surface area contributed by atoms with Gasteiger partial charge in [0.1, 0.15) is 0 Å². The van der Waals surface area contributed by atoms with Crippen LogP contribution in [0, 0.1) is 0 Å². The van der Waals surface area contributed by atoms with E-state index in [0.717, 1.165) is 5.56 Å². The first-order valence-corrected chi connectivity index (χ1v) is 10.0.